The second kappa shape index (κ2) is 5.87. The van der Waals surface area contributed by atoms with Crippen LogP contribution in [0, 0.1) is 7.43 Å². The van der Waals surface area contributed by atoms with Gasteiger partial charge in [-0.2, -0.15) is 0 Å². The van der Waals surface area contributed by atoms with Crippen molar-refractivity contribution in [1.29, 1.82) is 0 Å². The molecular formula is C9H11NOV. The Morgan fingerprint density at radius 3 is 2.17 bits per heavy atom. The molecule has 63 valence electrons. The summed E-state index contributed by atoms with van der Waals surface area (Å²) in [5.74, 6) is -0.0504. The van der Waals surface area contributed by atoms with Gasteiger partial charge in [0.1, 0.15) is 0 Å². The van der Waals surface area contributed by atoms with E-state index in [1.807, 2.05) is 0 Å². The molecule has 1 aromatic rings. The first-order valence-electron chi connectivity index (χ1n) is 3.03. The predicted molar refractivity (Wildman–Crippen MR) is 46.8 cm³/mol. The van der Waals surface area contributed by atoms with Crippen molar-refractivity contribution in [3.05, 3.63) is 43.0 Å². The van der Waals surface area contributed by atoms with Gasteiger partial charge >= 0.3 is 18.6 Å². The fourth-order valence-electron chi connectivity index (χ4n) is 0.790. The molecule has 0 bridgehead atoms. The molecule has 0 unspecified atom stereocenters. The van der Waals surface area contributed by atoms with Gasteiger partial charge < -0.3 is 13.2 Å². The van der Waals surface area contributed by atoms with Crippen molar-refractivity contribution in [2.75, 3.05) is 0 Å². The van der Waals surface area contributed by atoms with Crippen LogP contribution in [0.25, 0.3) is 5.73 Å². The Bertz CT molecular complexity index is 260. The van der Waals surface area contributed by atoms with Crippen molar-refractivity contribution < 1.29 is 23.4 Å². The van der Waals surface area contributed by atoms with Crippen LogP contribution in [0.3, 0.4) is 0 Å². The fourth-order valence-corrected chi connectivity index (χ4v) is 0.790. The molecule has 0 aliphatic rings. The van der Waals surface area contributed by atoms with E-state index in [4.69, 9.17) is 5.73 Å². The topological polar surface area (TPSA) is 40.9 Å². The molecule has 3 heteroatoms. The Morgan fingerprint density at radius 2 is 1.83 bits per heavy atom. The Morgan fingerprint density at radius 1 is 1.33 bits per heavy atom. The average molecular weight is 200 g/mol. The monoisotopic (exact) mass is 200 g/mol. The molecule has 0 heterocycles. The molecule has 2 nitrogen and oxygen atoms in total. The van der Waals surface area contributed by atoms with E-state index in [-0.39, 0.29) is 31.8 Å². The molecule has 1 radical (unpaired) electrons. The van der Waals surface area contributed by atoms with Crippen LogP contribution >= 0.6 is 0 Å². The van der Waals surface area contributed by atoms with Gasteiger partial charge in [-0.25, -0.2) is 0 Å². The molecule has 0 aromatic heterocycles. The van der Waals surface area contributed by atoms with Crippen molar-refractivity contribution in [3.63, 3.8) is 0 Å². The van der Waals surface area contributed by atoms with Gasteiger partial charge in [-0.1, -0.05) is 24.3 Å². The van der Waals surface area contributed by atoms with Crippen molar-refractivity contribution in [2.24, 2.45) is 0 Å². The van der Waals surface area contributed by atoms with E-state index in [2.05, 4.69) is 0 Å². The van der Waals surface area contributed by atoms with Gasteiger partial charge in [0.2, 0.25) is 0 Å². The first-order chi connectivity index (χ1) is 4.72. The van der Waals surface area contributed by atoms with Gasteiger partial charge in [-0.05, 0) is 6.92 Å². The summed E-state index contributed by atoms with van der Waals surface area (Å²) < 4.78 is 0. The summed E-state index contributed by atoms with van der Waals surface area (Å²) in [6.45, 7) is 1.47. The number of hydrogen-bond donors (Lipinski definition) is 0. The molecule has 0 aliphatic heterocycles. The van der Waals surface area contributed by atoms with Crippen LogP contribution in [-0.4, -0.2) is 5.78 Å². The molecule has 0 saturated carbocycles. The first kappa shape index (κ1) is 13.8. The van der Waals surface area contributed by atoms with Crippen LogP contribution in [0.15, 0.2) is 24.3 Å². The summed E-state index contributed by atoms with van der Waals surface area (Å²) >= 11 is 0. The molecule has 1 N–H and O–H groups in total. The number of benzene rings is 1. The second-order valence-corrected chi connectivity index (χ2v) is 2.10. The van der Waals surface area contributed by atoms with Gasteiger partial charge in [0, 0.05) is 5.56 Å². The first-order valence-corrected chi connectivity index (χ1v) is 3.03. The molecular weight excluding hydrogens is 189 g/mol. The summed E-state index contributed by atoms with van der Waals surface area (Å²) in [6.07, 6.45) is 0. The number of nitrogens with one attached hydrogen (secondary N) is 1. The zero-order chi connectivity index (χ0) is 7.56. The number of Topliss-reactive ketones (excluding diaryl/α,β-unsaturated/α-hetero) is 1. The van der Waals surface area contributed by atoms with Gasteiger partial charge in [0.25, 0.3) is 0 Å². The molecule has 0 saturated heterocycles. The van der Waals surface area contributed by atoms with Crippen molar-refractivity contribution in [1.82, 2.24) is 0 Å². The Labute approximate surface area is 85.0 Å². The zero-order valence-electron chi connectivity index (χ0n) is 7.16. The minimum Gasteiger partial charge on any atom is -0.698 e. The average Bonchev–Trinajstić information content (AvgIpc) is 1.88. The quantitative estimate of drug-likeness (QED) is 0.507. The molecule has 12 heavy (non-hydrogen) atoms. The van der Waals surface area contributed by atoms with E-state index < -0.39 is 0 Å². The molecule has 0 fully saturated rings. The van der Waals surface area contributed by atoms with Crippen LogP contribution in [0.5, 0.6) is 0 Å². The molecule has 0 amide bonds. The van der Waals surface area contributed by atoms with Gasteiger partial charge in [0.15, 0.2) is 5.78 Å². The summed E-state index contributed by atoms with van der Waals surface area (Å²) in [5.41, 5.74) is 8.07. The summed E-state index contributed by atoms with van der Waals surface area (Å²) in [4.78, 5) is 10.7. The van der Waals surface area contributed by atoms with Gasteiger partial charge in [0.05, 0.1) is 0 Å². The Balaban J connectivity index is 0. The van der Waals surface area contributed by atoms with E-state index in [9.17, 15) is 4.79 Å². The predicted octanol–water partition coefficient (Wildman–Crippen LogP) is 3.02. The van der Waals surface area contributed by atoms with Crippen LogP contribution in [0.1, 0.15) is 17.3 Å². The number of ketones is 1. The summed E-state index contributed by atoms with van der Waals surface area (Å²) in [7, 11) is 0. The number of rotatable bonds is 1. The van der Waals surface area contributed by atoms with Gasteiger partial charge in [-0.3, -0.25) is 4.79 Å². The number of carbonyl (C=O) groups is 1. The normalized spacial score (nSPS) is 7.75. The second-order valence-electron chi connectivity index (χ2n) is 2.10. The summed E-state index contributed by atoms with van der Waals surface area (Å²) in [5, 5.41) is 0. The van der Waals surface area contributed by atoms with E-state index in [1.54, 1.807) is 24.3 Å². The van der Waals surface area contributed by atoms with Gasteiger partial charge in [-0.15, -0.1) is 5.69 Å². The standard InChI is InChI=1S/C8H9NO.CH3.V/c1-6(10)7-4-2-3-5-8(7)9;;/h2-5H,1H3,(H2,9,10);1H3;/q;-1;+2/p-1. The van der Waals surface area contributed by atoms with Crippen molar-refractivity contribution in [3.8, 4) is 0 Å². The van der Waals surface area contributed by atoms with Crippen LogP contribution < -0.4 is 0 Å². The van der Waals surface area contributed by atoms with E-state index >= 15 is 0 Å². The third-order valence-corrected chi connectivity index (χ3v) is 1.31. The van der Waals surface area contributed by atoms with Crippen LogP contribution in [-0.2, 0) is 18.6 Å². The largest absolute Gasteiger partial charge is 2.00 e. The Hall–Kier alpha value is -0.726. The minimum atomic E-state index is -0.0504. The SMILES string of the molecule is CC(=O)c1ccccc1[NH-].[CH3-].[V+2]. The molecule has 1 aromatic carbocycles. The van der Waals surface area contributed by atoms with E-state index in [0.29, 0.717) is 11.3 Å². The maximum atomic E-state index is 10.7. The fraction of sp³-hybridized carbons (Fsp3) is 0.111. The zero-order valence-corrected chi connectivity index (χ0v) is 8.56. The summed E-state index contributed by atoms with van der Waals surface area (Å²) in [6, 6.07) is 6.77. The molecule has 0 spiro atoms. The van der Waals surface area contributed by atoms with Crippen molar-refractivity contribution in [2.45, 2.75) is 6.92 Å². The number of carbonyl (C=O) groups excluding carboxylic acids is 1. The van der Waals surface area contributed by atoms with Crippen molar-refractivity contribution >= 4 is 11.5 Å². The smallest absolute Gasteiger partial charge is 0.698 e. The van der Waals surface area contributed by atoms with E-state index in [0.717, 1.165) is 0 Å². The maximum absolute atomic E-state index is 10.7. The third kappa shape index (κ3) is 3.12. The molecule has 0 atom stereocenters. The Kier molecular flexibility index (Phi) is 6.76. The maximum Gasteiger partial charge on any atom is 2.00 e. The minimum absolute atomic E-state index is 0. The molecule has 1 rings (SSSR count). The third-order valence-electron chi connectivity index (χ3n) is 1.31. The molecule has 0 aliphatic carbocycles. The van der Waals surface area contributed by atoms with Crippen LogP contribution in [0.4, 0.5) is 5.69 Å². The van der Waals surface area contributed by atoms with E-state index in [1.165, 1.54) is 6.92 Å². The van der Waals surface area contributed by atoms with Crippen LogP contribution in [0.2, 0.25) is 0 Å². The number of hydrogen-bond acceptors (Lipinski definition) is 1.